The summed E-state index contributed by atoms with van der Waals surface area (Å²) in [5.41, 5.74) is 4.48. The molecular formula is C27H25FN2O2. The highest BCUT2D eigenvalue weighted by Crippen LogP contribution is 2.53. The van der Waals surface area contributed by atoms with Gasteiger partial charge in [0.1, 0.15) is 12.4 Å². The highest BCUT2D eigenvalue weighted by Gasteiger charge is 2.45. The van der Waals surface area contributed by atoms with Crippen LogP contribution in [0.2, 0.25) is 0 Å². The number of hydrogen-bond donors (Lipinski definition) is 2. The van der Waals surface area contributed by atoms with Crippen molar-refractivity contribution >= 4 is 22.7 Å². The molecule has 1 aliphatic carbocycles. The molecule has 1 heterocycles. The summed E-state index contributed by atoms with van der Waals surface area (Å²) < 4.78 is 19.0. The first kappa shape index (κ1) is 20.3. The predicted molar refractivity (Wildman–Crippen MR) is 124 cm³/mol. The van der Waals surface area contributed by atoms with Crippen LogP contribution in [-0.4, -0.2) is 11.1 Å². The number of ether oxygens (including phenoxy) is 1. The lowest BCUT2D eigenvalue weighted by Crippen LogP contribution is -2.26. The number of anilines is 1. The second-order valence-electron chi connectivity index (χ2n) is 8.60. The number of aromatic nitrogens is 1. The molecule has 1 amide bonds. The summed E-state index contributed by atoms with van der Waals surface area (Å²) in [5.74, 6) is 0.269. The van der Waals surface area contributed by atoms with Crippen molar-refractivity contribution in [3.8, 4) is 0 Å². The standard InChI is InChI=1S/C27H25FN2O2/c1-27(19-10-11-19,20-12-14-21(28)15-13-20)23-16-29-25-22(23)8-5-9-24(25)30-26(31)32-17-18-6-3-2-4-7-18/h2-9,12-16,19,29H,10-11,17H2,1H3,(H,30,31). The monoisotopic (exact) mass is 428 g/mol. The van der Waals surface area contributed by atoms with E-state index in [1.54, 1.807) is 0 Å². The first-order chi connectivity index (χ1) is 15.6. The van der Waals surface area contributed by atoms with E-state index in [4.69, 9.17) is 4.74 Å². The fraction of sp³-hybridized carbons (Fsp3) is 0.222. The summed E-state index contributed by atoms with van der Waals surface area (Å²) in [5, 5.41) is 3.92. The smallest absolute Gasteiger partial charge is 0.412 e. The van der Waals surface area contributed by atoms with Crippen molar-refractivity contribution in [1.82, 2.24) is 4.98 Å². The lowest BCUT2D eigenvalue weighted by Gasteiger charge is -2.30. The number of carbonyl (C=O) groups is 1. The van der Waals surface area contributed by atoms with E-state index in [2.05, 4.69) is 23.3 Å². The fourth-order valence-corrected chi connectivity index (χ4v) is 4.63. The maximum atomic E-state index is 13.6. The van der Waals surface area contributed by atoms with E-state index in [1.807, 2.05) is 60.8 Å². The van der Waals surface area contributed by atoms with E-state index >= 15 is 0 Å². The summed E-state index contributed by atoms with van der Waals surface area (Å²) in [6, 6.07) is 22.3. The van der Waals surface area contributed by atoms with Crippen LogP contribution in [0.15, 0.2) is 79.0 Å². The van der Waals surface area contributed by atoms with E-state index < -0.39 is 6.09 Å². The molecule has 1 aromatic heterocycles. The number of amides is 1. The number of carbonyl (C=O) groups excluding carboxylic acids is 1. The Labute approximate surface area is 186 Å². The zero-order valence-electron chi connectivity index (χ0n) is 17.9. The molecule has 32 heavy (non-hydrogen) atoms. The van der Waals surface area contributed by atoms with E-state index in [9.17, 15) is 9.18 Å². The number of aromatic amines is 1. The zero-order chi connectivity index (χ0) is 22.1. The Balaban J connectivity index is 1.43. The van der Waals surface area contributed by atoms with Gasteiger partial charge in [-0.15, -0.1) is 0 Å². The molecule has 3 aromatic carbocycles. The molecule has 1 saturated carbocycles. The average Bonchev–Trinajstić information content (AvgIpc) is 3.58. The van der Waals surface area contributed by atoms with Gasteiger partial charge in [-0.25, -0.2) is 9.18 Å². The SMILES string of the molecule is CC(c1ccc(F)cc1)(c1c[nH]c2c(NC(=O)OCc3ccccc3)cccc12)C1CC1. The number of rotatable bonds is 6. The molecule has 5 heteroatoms. The van der Waals surface area contributed by atoms with Crippen molar-refractivity contribution in [2.45, 2.75) is 31.8 Å². The van der Waals surface area contributed by atoms with Crippen molar-refractivity contribution in [2.24, 2.45) is 5.92 Å². The van der Waals surface area contributed by atoms with Gasteiger partial charge in [0.2, 0.25) is 0 Å². The third-order valence-corrected chi connectivity index (χ3v) is 6.56. The van der Waals surface area contributed by atoms with Crippen LogP contribution in [0.3, 0.4) is 0 Å². The molecule has 0 spiro atoms. The molecular weight excluding hydrogens is 403 g/mol. The molecule has 0 saturated heterocycles. The van der Waals surface area contributed by atoms with Crippen molar-refractivity contribution < 1.29 is 13.9 Å². The zero-order valence-corrected chi connectivity index (χ0v) is 17.9. The van der Waals surface area contributed by atoms with Gasteiger partial charge in [0.05, 0.1) is 11.2 Å². The number of para-hydroxylation sites is 1. The fourth-order valence-electron chi connectivity index (χ4n) is 4.63. The molecule has 162 valence electrons. The van der Waals surface area contributed by atoms with Gasteiger partial charge < -0.3 is 9.72 Å². The molecule has 2 N–H and O–H groups in total. The van der Waals surface area contributed by atoms with Gasteiger partial charge in [0.15, 0.2) is 0 Å². The van der Waals surface area contributed by atoms with Crippen LogP contribution in [0, 0.1) is 11.7 Å². The van der Waals surface area contributed by atoms with E-state index in [1.165, 1.54) is 12.1 Å². The maximum absolute atomic E-state index is 13.6. The molecule has 0 bridgehead atoms. The lowest BCUT2D eigenvalue weighted by atomic mass is 9.72. The number of fused-ring (bicyclic) bond motifs is 1. The highest BCUT2D eigenvalue weighted by molar-refractivity contribution is 6.00. The topological polar surface area (TPSA) is 54.1 Å². The van der Waals surface area contributed by atoms with Crippen molar-refractivity contribution in [3.63, 3.8) is 0 Å². The van der Waals surface area contributed by atoms with Crippen LogP contribution < -0.4 is 5.32 Å². The van der Waals surface area contributed by atoms with Gasteiger partial charge in [-0.3, -0.25) is 5.32 Å². The van der Waals surface area contributed by atoms with Gasteiger partial charge in [-0.1, -0.05) is 61.5 Å². The number of halogens is 1. The summed E-state index contributed by atoms with van der Waals surface area (Å²) in [6.07, 6.45) is 3.81. The molecule has 1 unspecified atom stereocenters. The third-order valence-electron chi connectivity index (χ3n) is 6.56. The molecule has 1 aliphatic rings. The van der Waals surface area contributed by atoms with Crippen molar-refractivity contribution in [3.05, 3.63) is 102 Å². The van der Waals surface area contributed by atoms with Crippen LogP contribution in [0.1, 0.15) is 36.5 Å². The van der Waals surface area contributed by atoms with Crippen LogP contribution in [0.25, 0.3) is 10.9 Å². The van der Waals surface area contributed by atoms with Gasteiger partial charge >= 0.3 is 6.09 Å². The Morgan fingerprint density at radius 1 is 1.06 bits per heavy atom. The summed E-state index contributed by atoms with van der Waals surface area (Å²) in [7, 11) is 0. The number of nitrogens with one attached hydrogen (secondary N) is 2. The Hall–Kier alpha value is -3.60. The molecule has 4 aromatic rings. The minimum absolute atomic E-state index is 0.211. The Bertz CT molecular complexity index is 1250. The third kappa shape index (κ3) is 3.75. The van der Waals surface area contributed by atoms with Gasteiger partial charge in [-0.2, -0.15) is 0 Å². The van der Waals surface area contributed by atoms with Crippen molar-refractivity contribution in [2.75, 3.05) is 5.32 Å². The summed E-state index contributed by atoms with van der Waals surface area (Å²) in [6.45, 7) is 2.44. The Kier molecular flexibility index (Phi) is 5.17. The van der Waals surface area contributed by atoms with Gasteiger partial charge in [0, 0.05) is 17.0 Å². The second-order valence-corrected chi connectivity index (χ2v) is 8.60. The minimum atomic E-state index is -0.499. The predicted octanol–water partition coefficient (Wildman–Crippen LogP) is 6.77. The van der Waals surface area contributed by atoms with Crippen molar-refractivity contribution in [1.29, 1.82) is 0 Å². The van der Waals surface area contributed by atoms with E-state index in [0.29, 0.717) is 11.6 Å². The minimum Gasteiger partial charge on any atom is -0.444 e. The van der Waals surface area contributed by atoms with Crippen LogP contribution in [-0.2, 0) is 16.8 Å². The lowest BCUT2D eigenvalue weighted by molar-refractivity contribution is 0.155. The van der Waals surface area contributed by atoms with E-state index in [-0.39, 0.29) is 17.8 Å². The molecule has 0 aliphatic heterocycles. The quantitative estimate of drug-likeness (QED) is 0.356. The molecule has 1 atom stereocenters. The first-order valence-electron chi connectivity index (χ1n) is 10.9. The molecule has 5 rings (SSSR count). The Morgan fingerprint density at radius 3 is 2.53 bits per heavy atom. The summed E-state index contributed by atoms with van der Waals surface area (Å²) in [4.78, 5) is 15.8. The average molecular weight is 429 g/mol. The van der Waals surface area contributed by atoms with Crippen LogP contribution >= 0.6 is 0 Å². The second kappa shape index (κ2) is 8.15. The Morgan fingerprint density at radius 2 is 1.81 bits per heavy atom. The first-order valence-corrected chi connectivity index (χ1v) is 10.9. The molecule has 4 nitrogen and oxygen atoms in total. The van der Waals surface area contributed by atoms with Crippen LogP contribution in [0.5, 0.6) is 0 Å². The molecule has 1 fully saturated rings. The summed E-state index contributed by atoms with van der Waals surface area (Å²) >= 11 is 0. The normalized spacial score (nSPS) is 15.3. The van der Waals surface area contributed by atoms with Gasteiger partial charge in [0.25, 0.3) is 0 Å². The van der Waals surface area contributed by atoms with Crippen LogP contribution in [0.4, 0.5) is 14.9 Å². The number of H-pyrrole nitrogens is 1. The molecule has 0 radical (unpaired) electrons. The number of hydrogen-bond acceptors (Lipinski definition) is 2. The van der Waals surface area contributed by atoms with Gasteiger partial charge in [-0.05, 0) is 53.6 Å². The number of benzene rings is 3. The largest absolute Gasteiger partial charge is 0.444 e. The maximum Gasteiger partial charge on any atom is 0.412 e. The highest BCUT2D eigenvalue weighted by atomic mass is 19.1. The van der Waals surface area contributed by atoms with E-state index in [0.717, 1.165) is 40.4 Å².